The second-order valence-electron chi connectivity index (χ2n) is 7.71. The van der Waals surface area contributed by atoms with Gasteiger partial charge in [0.05, 0.1) is 0 Å². The first-order chi connectivity index (χ1) is 16.8. The van der Waals surface area contributed by atoms with Crippen molar-refractivity contribution in [3.8, 4) is 0 Å². The zero-order valence-corrected chi connectivity index (χ0v) is 24.1. The molecule has 34 heavy (non-hydrogen) atoms. The van der Waals surface area contributed by atoms with Crippen molar-refractivity contribution in [2.24, 2.45) is 0 Å². The van der Waals surface area contributed by atoms with Crippen molar-refractivity contribution in [3.63, 3.8) is 0 Å². The van der Waals surface area contributed by atoms with Crippen molar-refractivity contribution in [1.82, 2.24) is 0 Å². The molecule has 0 amide bonds. The molecular weight excluding hydrogens is 505 g/mol. The van der Waals surface area contributed by atoms with E-state index in [0.29, 0.717) is 79.3 Å². The molecule has 9 nitrogen and oxygen atoms in total. The molecule has 0 aliphatic carbocycles. The van der Waals surface area contributed by atoms with Gasteiger partial charge in [-0.2, -0.15) is 0 Å². The van der Waals surface area contributed by atoms with Gasteiger partial charge in [0, 0.05) is 0 Å². The maximum atomic E-state index is 5.73. The van der Waals surface area contributed by atoms with E-state index >= 15 is 0 Å². The van der Waals surface area contributed by atoms with Gasteiger partial charge in [-0.15, -0.1) is 0 Å². The van der Waals surface area contributed by atoms with Gasteiger partial charge in [-0.05, 0) is 0 Å². The molecule has 0 spiro atoms. The standard InChI is InChI=1S/C24H51GeO9/c1-26-13-16-32-22-19-29-10-4-7-25(8-5-11-30-20-23-33-17-14-27-2)9-6-12-31-21-24-34-18-15-28-3/h4-24H2,1-3H3. The Morgan fingerprint density at radius 1 is 0.324 bits per heavy atom. The molecule has 0 aromatic rings. The van der Waals surface area contributed by atoms with Gasteiger partial charge in [-0.3, -0.25) is 0 Å². The van der Waals surface area contributed by atoms with Crippen LogP contribution in [0, 0.1) is 0 Å². The first-order valence-electron chi connectivity index (χ1n) is 12.6. The molecule has 0 unspecified atom stereocenters. The van der Waals surface area contributed by atoms with E-state index in [1.165, 1.54) is 15.8 Å². The van der Waals surface area contributed by atoms with Crippen molar-refractivity contribution in [1.29, 1.82) is 0 Å². The molecule has 0 bridgehead atoms. The van der Waals surface area contributed by atoms with Crippen molar-refractivity contribution in [3.05, 3.63) is 0 Å². The van der Waals surface area contributed by atoms with Crippen LogP contribution in [0.1, 0.15) is 19.3 Å². The van der Waals surface area contributed by atoms with E-state index in [9.17, 15) is 0 Å². The molecule has 205 valence electrons. The molecular formula is C24H51GeO9. The van der Waals surface area contributed by atoms with Crippen molar-refractivity contribution in [2.75, 3.05) is 120 Å². The van der Waals surface area contributed by atoms with Gasteiger partial charge in [-0.1, -0.05) is 0 Å². The number of methoxy groups -OCH3 is 3. The van der Waals surface area contributed by atoms with E-state index in [0.717, 1.165) is 39.1 Å². The summed E-state index contributed by atoms with van der Waals surface area (Å²) in [6.07, 6.45) is 3.40. The Hall–Kier alpha value is 0.183. The molecule has 0 rings (SSSR count). The third-order valence-electron chi connectivity index (χ3n) is 4.87. The van der Waals surface area contributed by atoms with Gasteiger partial charge in [0.25, 0.3) is 0 Å². The summed E-state index contributed by atoms with van der Waals surface area (Å²) in [4.78, 5) is 0. The van der Waals surface area contributed by atoms with Crippen LogP contribution in [0.3, 0.4) is 0 Å². The fraction of sp³-hybridized carbons (Fsp3) is 1.00. The van der Waals surface area contributed by atoms with E-state index in [4.69, 9.17) is 42.6 Å². The molecule has 0 heterocycles. The van der Waals surface area contributed by atoms with Crippen molar-refractivity contribution < 1.29 is 42.6 Å². The SMILES string of the molecule is COCCOCCOCC[CH2][Ge]([CH2]CCOCCOCCOC)[CH2]CCOCCOCCOC. The minimum absolute atomic E-state index is 0.624. The molecule has 0 aliphatic rings. The van der Waals surface area contributed by atoms with Crippen LogP contribution in [0.25, 0.3) is 0 Å². The van der Waals surface area contributed by atoms with E-state index < -0.39 is 14.3 Å². The van der Waals surface area contributed by atoms with E-state index in [1.54, 1.807) is 21.3 Å². The monoisotopic (exact) mass is 557 g/mol. The Balaban J connectivity index is 3.85. The number of hydrogen-bond donors (Lipinski definition) is 0. The van der Waals surface area contributed by atoms with Crippen LogP contribution in [-0.2, 0) is 42.6 Å². The molecule has 0 aliphatic heterocycles. The van der Waals surface area contributed by atoms with Gasteiger partial charge in [0.2, 0.25) is 0 Å². The fourth-order valence-electron chi connectivity index (χ4n) is 3.04. The summed E-state index contributed by atoms with van der Waals surface area (Å²) in [5.41, 5.74) is 0. The van der Waals surface area contributed by atoms with Gasteiger partial charge < -0.3 is 0 Å². The van der Waals surface area contributed by atoms with Crippen LogP contribution in [0.5, 0.6) is 0 Å². The number of hydrogen-bond acceptors (Lipinski definition) is 9. The number of rotatable bonds is 30. The van der Waals surface area contributed by atoms with Crippen molar-refractivity contribution >= 4 is 14.3 Å². The van der Waals surface area contributed by atoms with E-state index in [2.05, 4.69) is 0 Å². The summed E-state index contributed by atoms with van der Waals surface area (Å²) in [6.45, 7) is 10.0. The fourth-order valence-corrected chi connectivity index (χ4v) is 8.67. The van der Waals surface area contributed by atoms with Gasteiger partial charge in [0.15, 0.2) is 0 Å². The molecule has 0 saturated carbocycles. The Morgan fingerprint density at radius 2 is 0.559 bits per heavy atom. The topological polar surface area (TPSA) is 83.1 Å². The van der Waals surface area contributed by atoms with Gasteiger partial charge in [0.1, 0.15) is 0 Å². The summed E-state index contributed by atoms with van der Waals surface area (Å²) in [7, 11) is 5.03. The minimum atomic E-state index is -1.14. The third kappa shape index (κ3) is 28.4. The van der Waals surface area contributed by atoms with E-state index in [-0.39, 0.29) is 0 Å². The van der Waals surface area contributed by atoms with Crippen molar-refractivity contribution in [2.45, 2.75) is 35.0 Å². The molecule has 10 heteroatoms. The summed E-state index contributed by atoms with van der Waals surface area (Å²) in [5, 5.41) is 3.97. The van der Waals surface area contributed by atoms with Gasteiger partial charge in [-0.25, -0.2) is 0 Å². The zero-order chi connectivity index (χ0) is 24.8. The normalized spacial score (nSPS) is 11.6. The van der Waals surface area contributed by atoms with Crippen LogP contribution in [0.4, 0.5) is 0 Å². The Kier molecular flexibility index (Phi) is 31.4. The molecule has 1 radical (unpaired) electrons. The van der Waals surface area contributed by atoms with Crippen LogP contribution in [0.2, 0.25) is 15.8 Å². The molecule has 0 saturated heterocycles. The molecule has 0 aromatic heterocycles. The molecule has 0 fully saturated rings. The summed E-state index contributed by atoms with van der Waals surface area (Å²) in [6, 6.07) is 0. The predicted molar refractivity (Wildman–Crippen MR) is 135 cm³/mol. The summed E-state index contributed by atoms with van der Waals surface area (Å²) < 4.78 is 48.3. The molecule has 0 aromatic carbocycles. The maximum absolute atomic E-state index is 5.73. The first kappa shape index (κ1) is 34.2. The first-order valence-corrected chi connectivity index (χ1v) is 17.1. The summed E-state index contributed by atoms with van der Waals surface area (Å²) in [5.74, 6) is 0. The third-order valence-corrected chi connectivity index (χ3v) is 11.5. The zero-order valence-electron chi connectivity index (χ0n) is 22.0. The van der Waals surface area contributed by atoms with Crippen LogP contribution in [-0.4, -0.2) is 135 Å². The predicted octanol–water partition coefficient (Wildman–Crippen LogP) is 2.69. The van der Waals surface area contributed by atoms with E-state index in [1.807, 2.05) is 0 Å². The van der Waals surface area contributed by atoms with Crippen LogP contribution >= 0.6 is 0 Å². The average molecular weight is 556 g/mol. The number of ether oxygens (including phenoxy) is 9. The second kappa shape index (κ2) is 31.2. The average Bonchev–Trinajstić information content (AvgIpc) is 2.85. The van der Waals surface area contributed by atoms with Crippen LogP contribution in [0.15, 0.2) is 0 Å². The Bertz CT molecular complexity index is 315. The van der Waals surface area contributed by atoms with Gasteiger partial charge >= 0.3 is 212 Å². The molecule has 0 N–H and O–H groups in total. The quantitative estimate of drug-likeness (QED) is 0.0981. The molecule has 0 atom stereocenters. The second-order valence-corrected chi connectivity index (χ2v) is 14.0. The Morgan fingerprint density at radius 3 is 0.824 bits per heavy atom. The van der Waals surface area contributed by atoms with Crippen LogP contribution < -0.4 is 0 Å². The Labute approximate surface area is 212 Å². The summed E-state index contributed by atoms with van der Waals surface area (Å²) >= 11 is -1.14.